The highest BCUT2D eigenvalue weighted by molar-refractivity contribution is 4.65. The van der Waals surface area contributed by atoms with Gasteiger partial charge in [0.2, 0.25) is 0 Å². The molecule has 0 bridgehead atoms. The second kappa shape index (κ2) is 13.4. The zero-order valence-electron chi connectivity index (χ0n) is 12.9. The molecule has 0 aliphatic carbocycles. The zero-order chi connectivity index (χ0) is 13.6. The average molecular weight is 257 g/mol. The van der Waals surface area contributed by atoms with Gasteiger partial charge in [-0.15, -0.1) is 0 Å². The van der Waals surface area contributed by atoms with Gasteiger partial charge in [0.05, 0.1) is 0 Å². The number of ether oxygens (including phenoxy) is 1. The third-order valence-corrected chi connectivity index (χ3v) is 3.58. The number of hydrogen-bond acceptors (Lipinski definition) is 2. The van der Waals surface area contributed by atoms with Gasteiger partial charge in [0.25, 0.3) is 0 Å². The van der Waals surface area contributed by atoms with Crippen LogP contribution in [0.25, 0.3) is 0 Å². The summed E-state index contributed by atoms with van der Waals surface area (Å²) < 4.78 is 5.14. The Bertz CT molecular complexity index is 161. The summed E-state index contributed by atoms with van der Waals surface area (Å²) >= 11 is 0. The molecule has 0 spiro atoms. The Labute approximate surface area is 115 Å². The van der Waals surface area contributed by atoms with Crippen molar-refractivity contribution in [1.29, 1.82) is 0 Å². The molecule has 0 radical (unpaired) electrons. The second-order valence-corrected chi connectivity index (χ2v) is 5.82. The van der Waals surface area contributed by atoms with Crippen molar-refractivity contribution in [2.24, 2.45) is 11.7 Å². The number of unbranched alkanes of at least 4 members (excludes halogenated alkanes) is 7. The average Bonchev–Trinajstić information content (AvgIpc) is 2.32. The molecule has 0 aliphatic rings. The summed E-state index contributed by atoms with van der Waals surface area (Å²) in [7, 11) is 1.76. The van der Waals surface area contributed by atoms with Crippen LogP contribution in [0.4, 0.5) is 0 Å². The quantitative estimate of drug-likeness (QED) is 0.492. The van der Waals surface area contributed by atoms with Crippen LogP contribution in [-0.2, 0) is 4.74 Å². The summed E-state index contributed by atoms with van der Waals surface area (Å²) in [5, 5.41) is 0. The molecule has 2 unspecified atom stereocenters. The minimum atomic E-state index is 0.371. The van der Waals surface area contributed by atoms with Crippen LogP contribution in [0.2, 0.25) is 0 Å². The highest BCUT2D eigenvalue weighted by Crippen LogP contribution is 2.13. The molecule has 2 heteroatoms. The van der Waals surface area contributed by atoms with Crippen molar-refractivity contribution >= 4 is 0 Å². The third-order valence-electron chi connectivity index (χ3n) is 3.58. The first-order valence-electron chi connectivity index (χ1n) is 7.95. The van der Waals surface area contributed by atoms with E-state index in [0.29, 0.717) is 12.0 Å². The lowest BCUT2D eigenvalue weighted by atomic mass is 9.98. The molecule has 0 rings (SSSR count). The van der Waals surface area contributed by atoms with E-state index in [1.807, 2.05) is 0 Å². The van der Waals surface area contributed by atoms with Gasteiger partial charge in [0, 0.05) is 19.8 Å². The number of methoxy groups -OCH3 is 1. The maximum atomic E-state index is 6.13. The topological polar surface area (TPSA) is 35.2 Å². The standard InChI is InChI=1S/C16H35NO/c1-4-5-6-7-8-9-10-11-12-16(17)13-15(2)14-18-3/h15-16H,4-14,17H2,1-3H3. The monoisotopic (exact) mass is 257 g/mol. The van der Waals surface area contributed by atoms with Crippen molar-refractivity contribution in [2.75, 3.05) is 13.7 Å². The maximum Gasteiger partial charge on any atom is 0.0488 e. The van der Waals surface area contributed by atoms with Crippen LogP contribution in [0.15, 0.2) is 0 Å². The molecular formula is C16H35NO. The number of nitrogens with two attached hydrogens (primary N) is 1. The van der Waals surface area contributed by atoms with Gasteiger partial charge in [0.1, 0.15) is 0 Å². The van der Waals surface area contributed by atoms with E-state index in [1.54, 1.807) is 7.11 Å². The summed E-state index contributed by atoms with van der Waals surface area (Å²) in [5.41, 5.74) is 6.13. The van der Waals surface area contributed by atoms with Gasteiger partial charge >= 0.3 is 0 Å². The highest BCUT2D eigenvalue weighted by Gasteiger charge is 2.08. The molecule has 0 aromatic heterocycles. The SMILES string of the molecule is CCCCCCCCCCC(N)CC(C)COC. The fourth-order valence-electron chi connectivity index (χ4n) is 2.53. The zero-order valence-corrected chi connectivity index (χ0v) is 12.9. The van der Waals surface area contributed by atoms with Gasteiger partial charge in [-0.25, -0.2) is 0 Å². The molecule has 0 fully saturated rings. The lowest BCUT2D eigenvalue weighted by Crippen LogP contribution is -2.24. The van der Waals surface area contributed by atoms with Gasteiger partial charge in [-0.2, -0.15) is 0 Å². The van der Waals surface area contributed by atoms with Crippen molar-refractivity contribution in [2.45, 2.75) is 84.1 Å². The molecular weight excluding hydrogens is 222 g/mol. The van der Waals surface area contributed by atoms with Crippen LogP contribution in [0.1, 0.15) is 78.1 Å². The van der Waals surface area contributed by atoms with Gasteiger partial charge in [-0.05, 0) is 18.8 Å². The fourth-order valence-corrected chi connectivity index (χ4v) is 2.53. The normalized spacial score (nSPS) is 14.7. The molecule has 0 aromatic carbocycles. The van der Waals surface area contributed by atoms with Crippen LogP contribution in [-0.4, -0.2) is 19.8 Å². The van der Waals surface area contributed by atoms with E-state index < -0.39 is 0 Å². The van der Waals surface area contributed by atoms with E-state index in [0.717, 1.165) is 13.0 Å². The third kappa shape index (κ3) is 12.4. The van der Waals surface area contributed by atoms with Crippen molar-refractivity contribution in [3.8, 4) is 0 Å². The summed E-state index contributed by atoms with van der Waals surface area (Å²) in [6.07, 6.45) is 13.3. The molecule has 0 saturated heterocycles. The predicted octanol–water partition coefficient (Wildman–Crippen LogP) is 4.52. The Morgan fingerprint density at radius 3 is 2.06 bits per heavy atom. The van der Waals surface area contributed by atoms with E-state index in [4.69, 9.17) is 10.5 Å². The second-order valence-electron chi connectivity index (χ2n) is 5.82. The van der Waals surface area contributed by atoms with Gasteiger partial charge in [-0.1, -0.05) is 65.2 Å². The van der Waals surface area contributed by atoms with E-state index in [-0.39, 0.29) is 0 Å². The minimum absolute atomic E-state index is 0.371. The van der Waals surface area contributed by atoms with Gasteiger partial charge in [0.15, 0.2) is 0 Å². The maximum absolute atomic E-state index is 6.13. The first kappa shape index (κ1) is 17.9. The van der Waals surface area contributed by atoms with E-state index in [1.165, 1.54) is 57.8 Å². The molecule has 2 nitrogen and oxygen atoms in total. The fraction of sp³-hybridized carbons (Fsp3) is 1.00. The van der Waals surface area contributed by atoms with Crippen LogP contribution in [0, 0.1) is 5.92 Å². The van der Waals surface area contributed by atoms with Crippen LogP contribution in [0.3, 0.4) is 0 Å². The van der Waals surface area contributed by atoms with E-state index in [2.05, 4.69) is 13.8 Å². The highest BCUT2D eigenvalue weighted by atomic mass is 16.5. The predicted molar refractivity (Wildman–Crippen MR) is 80.9 cm³/mol. The molecule has 0 aromatic rings. The van der Waals surface area contributed by atoms with Crippen molar-refractivity contribution in [3.63, 3.8) is 0 Å². The van der Waals surface area contributed by atoms with E-state index >= 15 is 0 Å². The number of hydrogen-bond donors (Lipinski definition) is 1. The largest absolute Gasteiger partial charge is 0.384 e. The van der Waals surface area contributed by atoms with Gasteiger partial charge < -0.3 is 10.5 Å². The molecule has 2 N–H and O–H groups in total. The van der Waals surface area contributed by atoms with Crippen LogP contribution >= 0.6 is 0 Å². The smallest absolute Gasteiger partial charge is 0.0488 e. The summed E-state index contributed by atoms with van der Waals surface area (Å²) in [4.78, 5) is 0. The first-order chi connectivity index (χ1) is 8.70. The Morgan fingerprint density at radius 2 is 1.50 bits per heavy atom. The lowest BCUT2D eigenvalue weighted by Gasteiger charge is -2.16. The van der Waals surface area contributed by atoms with Crippen molar-refractivity contribution in [1.82, 2.24) is 0 Å². The minimum Gasteiger partial charge on any atom is -0.384 e. The molecule has 18 heavy (non-hydrogen) atoms. The lowest BCUT2D eigenvalue weighted by molar-refractivity contribution is 0.151. The Morgan fingerprint density at radius 1 is 0.944 bits per heavy atom. The van der Waals surface area contributed by atoms with Crippen LogP contribution < -0.4 is 5.73 Å². The summed E-state index contributed by atoms with van der Waals surface area (Å²) in [5.74, 6) is 0.596. The molecule has 0 heterocycles. The molecule has 110 valence electrons. The molecule has 2 atom stereocenters. The van der Waals surface area contributed by atoms with E-state index in [9.17, 15) is 0 Å². The van der Waals surface area contributed by atoms with Gasteiger partial charge in [-0.3, -0.25) is 0 Å². The molecule has 0 aliphatic heterocycles. The summed E-state index contributed by atoms with van der Waals surface area (Å²) in [6.45, 7) is 5.33. The first-order valence-corrected chi connectivity index (χ1v) is 7.95. The number of rotatable bonds is 13. The van der Waals surface area contributed by atoms with Crippen molar-refractivity contribution < 1.29 is 4.74 Å². The Balaban J connectivity index is 3.22. The Kier molecular flexibility index (Phi) is 13.3. The molecule has 0 amide bonds. The van der Waals surface area contributed by atoms with Crippen molar-refractivity contribution in [3.05, 3.63) is 0 Å². The Hall–Kier alpha value is -0.0800. The summed E-state index contributed by atoms with van der Waals surface area (Å²) in [6, 6.07) is 0.371. The van der Waals surface area contributed by atoms with Crippen LogP contribution in [0.5, 0.6) is 0 Å². The molecule has 0 saturated carbocycles.